The van der Waals surface area contributed by atoms with Crippen molar-refractivity contribution < 1.29 is 0 Å². The van der Waals surface area contributed by atoms with E-state index in [1.165, 1.54) is 10.5 Å². The second-order valence-electron chi connectivity index (χ2n) is 3.07. The summed E-state index contributed by atoms with van der Waals surface area (Å²) >= 11 is 5.33. The van der Waals surface area contributed by atoms with E-state index in [9.17, 15) is 0 Å². The maximum absolute atomic E-state index is 4.11. The standard InChI is InChI=1S/C12H10BrNS/c13-12-6-7-14-8-10(12)9-15-11-4-2-1-3-5-11/h1-8H,9H2. The predicted octanol–water partition coefficient (Wildman–Crippen LogP) is 4.14. The molecule has 76 valence electrons. The van der Waals surface area contributed by atoms with Crippen molar-refractivity contribution in [3.05, 3.63) is 58.8 Å². The largest absolute Gasteiger partial charge is 0.264 e. The van der Waals surface area contributed by atoms with Crippen molar-refractivity contribution in [2.45, 2.75) is 10.6 Å². The van der Waals surface area contributed by atoms with Gasteiger partial charge in [-0.05, 0) is 23.8 Å². The molecule has 0 bridgehead atoms. The first-order valence-corrected chi connectivity index (χ1v) is 6.40. The van der Waals surface area contributed by atoms with E-state index in [1.807, 2.05) is 30.1 Å². The quantitative estimate of drug-likeness (QED) is 0.784. The van der Waals surface area contributed by atoms with Crippen LogP contribution in [-0.2, 0) is 5.75 Å². The van der Waals surface area contributed by atoms with E-state index < -0.39 is 0 Å². The third-order valence-corrected chi connectivity index (χ3v) is 3.82. The number of hydrogen-bond acceptors (Lipinski definition) is 2. The van der Waals surface area contributed by atoms with Gasteiger partial charge in [0.2, 0.25) is 0 Å². The molecular formula is C12H10BrNS. The molecule has 0 saturated carbocycles. The first-order valence-electron chi connectivity index (χ1n) is 4.62. The van der Waals surface area contributed by atoms with E-state index in [0.717, 1.165) is 10.2 Å². The molecule has 0 amide bonds. The molecule has 15 heavy (non-hydrogen) atoms. The van der Waals surface area contributed by atoms with E-state index in [0.29, 0.717) is 0 Å². The molecule has 0 saturated heterocycles. The van der Waals surface area contributed by atoms with Crippen LogP contribution in [0.1, 0.15) is 5.56 Å². The van der Waals surface area contributed by atoms with Crippen molar-refractivity contribution in [1.29, 1.82) is 0 Å². The van der Waals surface area contributed by atoms with Gasteiger partial charge < -0.3 is 0 Å². The summed E-state index contributed by atoms with van der Waals surface area (Å²) in [5.41, 5.74) is 1.23. The molecule has 0 fully saturated rings. The van der Waals surface area contributed by atoms with E-state index in [4.69, 9.17) is 0 Å². The minimum atomic E-state index is 0.943. The molecule has 0 N–H and O–H groups in total. The number of nitrogens with zero attached hydrogens (tertiary/aromatic N) is 1. The molecule has 1 aromatic carbocycles. The molecule has 1 nitrogen and oxygen atoms in total. The van der Waals surface area contributed by atoms with Crippen LogP contribution in [0.25, 0.3) is 0 Å². The third kappa shape index (κ3) is 3.08. The number of thioether (sulfide) groups is 1. The van der Waals surface area contributed by atoms with Gasteiger partial charge in [0.1, 0.15) is 0 Å². The summed E-state index contributed by atoms with van der Waals surface area (Å²) in [6.07, 6.45) is 3.70. The summed E-state index contributed by atoms with van der Waals surface area (Å²) in [7, 11) is 0. The Labute approximate surface area is 102 Å². The maximum atomic E-state index is 4.11. The second-order valence-corrected chi connectivity index (χ2v) is 4.97. The van der Waals surface area contributed by atoms with Gasteiger partial charge in [0.15, 0.2) is 0 Å². The third-order valence-electron chi connectivity index (χ3n) is 1.98. The van der Waals surface area contributed by atoms with Crippen LogP contribution >= 0.6 is 27.7 Å². The molecular weight excluding hydrogens is 270 g/mol. The van der Waals surface area contributed by atoms with E-state index >= 15 is 0 Å². The van der Waals surface area contributed by atoms with Gasteiger partial charge >= 0.3 is 0 Å². The summed E-state index contributed by atoms with van der Waals surface area (Å²) in [5.74, 6) is 0.943. The molecule has 0 aliphatic heterocycles. The number of aromatic nitrogens is 1. The van der Waals surface area contributed by atoms with Crippen LogP contribution < -0.4 is 0 Å². The highest BCUT2D eigenvalue weighted by atomic mass is 79.9. The summed E-state index contributed by atoms with van der Waals surface area (Å²) in [6, 6.07) is 12.4. The van der Waals surface area contributed by atoms with Crippen LogP contribution in [0.4, 0.5) is 0 Å². The van der Waals surface area contributed by atoms with Crippen LogP contribution in [0.5, 0.6) is 0 Å². The first-order chi connectivity index (χ1) is 7.36. The fourth-order valence-electron chi connectivity index (χ4n) is 1.19. The van der Waals surface area contributed by atoms with Gasteiger partial charge in [0.25, 0.3) is 0 Å². The average Bonchev–Trinajstić information content (AvgIpc) is 2.29. The van der Waals surface area contributed by atoms with Crippen LogP contribution in [0.15, 0.2) is 58.2 Å². The molecule has 0 unspecified atom stereocenters. The number of hydrogen-bond donors (Lipinski definition) is 0. The van der Waals surface area contributed by atoms with Crippen molar-refractivity contribution >= 4 is 27.7 Å². The molecule has 1 heterocycles. The van der Waals surface area contributed by atoms with Gasteiger partial charge in [-0.25, -0.2) is 0 Å². The Balaban J connectivity index is 2.03. The molecule has 2 rings (SSSR count). The minimum absolute atomic E-state index is 0.943. The van der Waals surface area contributed by atoms with Crippen LogP contribution in [0.2, 0.25) is 0 Å². The zero-order valence-electron chi connectivity index (χ0n) is 8.06. The van der Waals surface area contributed by atoms with Crippen LogP contribution in [0.3, 0.4) is 0 Å². The Bertz CT molecular complexity index is 431. The minimum Gasteiger partial charge on any atom is -0.264 e. The van der Waals surface area contributed by atoms with Gasteiger partial charge in [-0.15, -0.1) is 11.8 Å². The number of rotatable bonds is 3. The van der Waals surface area contributed by atoms with E-state index in [-0.39, 0.29) is 0 Å². The predicted molar refractivity (Wildman–Crippen MR) is 67.9 cm³/mol. The molecule has 0 spiro atoms. The monoisotopic (exact) mass is 279 g/mol. The van der Waals surface area contributed by atoms with Crippen LogP contribution in [0, 0.1) is 0 Å². The Morgan fingerprint density at radius 3 is 2.67 bits per heavy atom. The summed E-state index contributed by atoms with van der Waals surface area (Å²) in [6.45, 7) is 0. The normalized spacial score (nSPS) is 10.2. The molecule has 2 aromatic rings. The zero-order valence-corrected chi connectivity index (χ0v) is 10.5. The lowest BCUT2D eigenvalue weighted by atomic mass is 10.3. The van der Waals surface area contributed by atoms with Crippen molar-refractivity contribution in [2.75, 3.05) is 0 Å². The summed E-state index contributed by atoms with van der Waals surface area (Å²) < 4.78 is 1.13. The Kier molecular flexibility index (Phi) is 3.80. The van der Waals surface area contributed by atoms with Crippen molar-refractivity contribution in [1.82, 2.24) is 4.98 Å². The first kappa shape index (κ1) is 10.7. The van der Waals surface area contributed by atoms with Crippen molar-refractivity contribution in [2.24, 2.45) is 0 Å². The summed E-state index contributed by atoms with van der Waals surface area (Å²) in [4.78, 5) is 5.40. The Morgan fingerprint density at radius 1 is 1.13 bits per heavy atom. The number of benzene rings is 1. The smallest absolute Gasteiger partial charge is 0.0319 e. The van der Waals surface area contributed by atoms with Crippen LogP contribution in [-0.4, -0.2) is 4.98 Å². The lowest BCUT2D eigenvalue weighted by molar-refractivity contribution is 1.23. The highest BCUT2D eigenvalue weighted by molar-refractivity contribution is 9.10. The lowest BCUT2D eigenvalue weighted by Crippen LogP contribution is -1.84. The summed E-state index contributed by atoms with van der Waals surface area (Å²) in [5, 5.41) is 0. The average molecular weight is 280 g/mol. The van der Waals surface area contributed by atoms with Gasteiger partial charge in [0, 0.05) is 27.5 Å². The topological polar surface area (TPSA) is 12.9 Å². The second kappa shape index (κ2) is 5.33. The number of pyridine rings is 1. The van der Waals surface area contributed by atoms with Gasteiger partial charge in [-0.3, -0.25) is 4.98 Å². The van der Waals surface area contributed by atoms with Crippen molar-refractivity contribution in [3.8, 4) is 0 Å². The highest BCUT2D eigenvalue weighted by Crippen LogP contribution is 2.25. The van der Waals surface area contributed by atoms with Gasteiger partial charge in [0.05, 0.1) is 0 Å². The Morgan fingerprint density at radius 2 is 1.93 bits per heavy atom. The lowest BCUT2D eigenvalue weighted by Gasteiger charge is -2.03. The molecule has 1 aromatic heterocycles. The molecule has 0 aliphatic carbocycles. The highest BCUT2D eigenvalue weighted by Gasteiger charge is 1.99. The molecule has 0 aliphatic rings. The zero-order chi connectivity index (χ0) is 10.5. The molecule has 0 radical (unpaired) electrons. The SMILES string of the molecule is Brc1ccncc1CSc1ccccc1. The van der Waals surface area contributed by atoms with E-state index in [1.54, 1.807) is 6.20 Å². The van der Waals surface area contributed by atoms with Gasteiger partial charge in [-0.2, -0.15) is 0 Å². The maximum Gasteiger partial charge on any atom is 0.0319 e. The van der Waals surface area contributed by atoms with E-state index in [2.05, 4.69) is 45.2 Å². The molecule has 0 atom stereocenters. The van der Waals surface area contributed by atoms with Gasteiger partial charge in [-0.1, -0.05) is 34.1 Å². The Hall–Kier alpha value is -0.800. The fourth-order valence-corrected chi connectivity index (χ4v) is 2.64. The fraction of sp³-hybridized carbons (Fsp3) is 0.0833. The molecule has 3 heteroatoms. The number of halogens is 1. The van der Waals surface area contributed by atoms with Crippen molar-refractivity contribution in [3.63, 3.8) is 0 Å².